The minimum absolute atomic E-state index is 0.316. The molecule has 0 saturated heterocycles. The Labute approximate surface area is 131 Å². The molecule has 4 rings (SSSR count). The summed E-state index contributed by atoms with van der Waals surface area (Å²) in [6.07, 6.45) is 0. The van der Waals surface area contributed by atoms with E-state index >= 15 is 0 Å². The van der Waals surface area contributed by atoms with E-state index in [1.165, 1.54) is 0 Å². The lowest BCUT2D eigenvalue weighted by Crippen LogP contribution is -2.04. The van der Waals surface area contributed by atoms with Crippen LogP contribution in [0.2, 0.25) is 0 Å². The van der Waals surface area contributed by atoms with Gasteiger partial charge in [-0.2, -0.15) is 0 Å². The topological polar surface area (TPSA) is 59.9 Å². The molecule has 0 aliphatic carbocycles. The minimum Gasteiger partial charge on any atom is -0.267 e. The van der Waals surface area contributed by atoms with Crippen LogP contribution in [0.25, 0.3) is 22.5 Å². The summed E-state index contributed by atoms with van der Waals surface area (Å²) in [6, 6.07) is 16.8. The molecule has 2 aromatic rings. The predicted molar refractivity (Wildman–Crippen MR) is 87.9 cm³/mol. The molecule has 2 aliphatic rings. The van der Waals surface area contributed by atoms with Crippen LogP contribution in [0.15, 0.2) is 64.2 Å². The number of benzene rings is 2. The van der Waals surface area contributed by atoms with Crippen molar-refractivity contribution in [2.45, 2.75) is 6.92 Å². The molecule has 0 spiro atoms. The summed E-state index contributed by atoms with van der Waals surface area (Å²) in [7, 11) is 0. The molecule has 0 unspecified atom stereocenters. The van der Waals surface area contributed by atoms with Gasteiger partial charge in [-0.1, -0.05) is 60.2 Å². The number of aryl methyl sites for hydroxylation is 1. The van der Waals surface area contributed by atoms with Crippen LogP contribution >= 0.6 is 0 Å². The molecule has 0 aromatic heterocycles. The largest absolute Gasteiger partial charge is 0.280 e. The lowest BCUT2D eigenvalue weighted by molar-refractivity contribution is 1.23. The number of hydrogen-bond donors (Lipinski definition) is 0. The summed E-state index contributed by atoms with van der Waals surface area (Å²) in [5, 5.41) is 0.634. The standard InChI is InChI=1S/C19H12N2O2/c1-11-7-9-13(10-8-11)17-15-14(18(22)21-17)16(20-19(15)23)12-5-3-2-4-6-12/h2-10H,1H3. The molecule has 0 bridgehead atoms. The predicted octanol–water partition coefficient (Wildman–Crippen LogP) is 2.44. The fourth-order valence-corrected chi connectivity index (χ4v) is 2.81. The molecule has 23 heavy (non-hydrogen) atoms. The molecule has 0 radical (unpaired) electrons. The van der Waals surface area contributed by atoms with Gasteiger partial charge in [-0.3, -0.25) is 9.59 Å². The molecular formula is C19H12N2O2. The first kappa shape index (κ1) is 13.5. The second kappa shape index (κ2) is 4.95. The van der Waals surface area contributed by atoms with Crippen molar-refractivity contribution < 1.29 is 0 Å². The van der Waals surface area contributed by atoms with Gasteiger partial charge in [-0.05, 0) is 6.92 Å². The van der Waals surface area contributed by atoms with Gasteiger partial charge in [0.05, 0.1) is 21.8 Å². The molecular weight excluding hydrogens is 288 g/mol. The fourth-order valence-electron chi connectivity index (χ4n) is 2.81. The molecule has 0 amide bonds. The van der Waals surface area contributed by atoms with Gasteiger partial charge in [0.2, 0.25) is 0 Å². The summed E-state index contributed by atoms with van der Waals surface area (Å²) in [5.74, 6) is 0. The van der Waals surface area contributed by atoms with Gasteiger partial charge in [0.15, 0.2) is 0 Å². The second-order valence-corrected chi connectivity index (χ2v) is 5.51. The van der Waals surface area contributed by atoms with Crippen molar-refractivity contribution in [2.24, 2.45) is 0 Å². The molecule has 4 nitrogen and oxygen atoms in total. The van der Waals surface area contributed by atoms with Crippen LogP contribution in [-0.2, 0) is 0 Å². The highest BCUT2D eigenvalue weighted by Gasteiger charge is 2.19. The van der Waals surface area contributed by atoms with Crippen LogP contribution in [0, 0.1) is 17.4 Å². The van der Waals surface area contributed by atoms with Crippen molar-refractivity contribution >= 4 is 0 Å². The normalized spacial score (nSPS) is 11.2. The van der Waals surface area contributed by atoms with Gasteiger partial charge in [0, 0.05) is 11.1 Å². The van der Waals surface area contributed by atoms with Crippen LogP contribution in [0.3, 0.4) is 0 Å². The minimum atomic E-state index is -0.399. The Kier molecular flexibility index (Phi) is 2.91. The van der Waals surface area contributed by atoms with Crippen molar-refractivity contribution in [1.82, 2.24) is 9.97 Å². The Morgan fingerprint density at radius 2 is 1.13 bits per heavy atom. The lowest BCUT2D eigenvalue weighted by Gasteiger charge is -1.96. The van der Waals surface area contributed by atoms with Crippen LogP contribution in [-0.4, -0.2) is 9.97 Å². The molecule has 0 N–H and O–H groups in total. The third kappa shape index (κ3) is 2.07. The molecule has 2 aliphatic heterocycles. The zero-order valence-electron chi connectivity index (χ0n) is 12.4. The second-order valence-electron chi connectivity index (χ2n) is 5.51. The van der Waals surface area contributed by atoms with Crippen LogP contribution < -0.4 is 11.1 Å². The van der Waals surface area contributed by atoms with E-state index in [-0.39, 0.29) is 0 Å². The van der Waals surface area contributed by atoms with Crippen LogP contribution in [0.4, 0.5) is 0 Å². The average Bonchev–Trinajstić information content (AvgIpc) is 3.09. The van der Waals surface area contributed by atoms with Crippen molar-refractivity contribution in [3.8, 4) is 22.5 Å². The van der Waals surface area contributed by atoms with E-state index in [2.05, 4.69) is 9.97 Å². The smallest absolute Gasteiger partial charge is 0.267 e. The summed E-state index contributed by atoms with van der Waals surface area (Å²) < 4.78 is 0. The molecule has 0 fully saturated rings. The van der Waals surface area contributed by atoms with Crippen LogP contribution in [0.1, 0.15) is 5.56 Å². The molecule has 2 heterocycles. The Bertz CT molecular complexity index is 1140. The monoisotopic (exact) mass is 300 g/mol. The summed E-state index contributed by atoms with van der Waals surface area (Å²) in [5.41, 5.74) is 2.65. The van der Waals surface area contributed by atoms with Gasteiger partial charge in [-0.25, -0.2) is 9.97 Å². The van der Waals surface area contributed by atoms with Crippen molar-refractivity contribution in [2.75, 3.05) is 0 Å². The number of aromatic nitrogens is 2. The van der Waals surface area contributed by atoms with Crippen molar-refractivity contribution in [1.29, 1.82) is 0 Å². The van der Waals surface area contributed by atoms with E-state index in [1.54, 1.807) is 0 Å². The van der Waals surface area contributed by atoms with E-state index in [9.17, 15) is 9.59 Å². The molecule has 0 atom stereocenters. The van der Waals surface area contributed by atoms with Crippen molar-refractivity contribution in [3.05, 3.63) is 91.3 Å². The van der Waals surface area contributed by atoms with E-state index < -0.39 is 11.1 Å². The van der Waals surface area contributed by atoms with Crippen molar-refractivity contribution in [3.63, 3.8) is 0 Å². The van der Waals surface area contributed by atoms with E-state index in [4.69, 9.17) is 0 Å². The number of nitrogens with zero attached hydrogens (tertiary/aromatic N) is 2. The average molecular weight is 300 g/mol. The Balaban J connectivity index is 2.08. The number of hydrogen-bond acceptors (Lipinski definition) is 4. The first-order valence-corrected chi connectivity index (χ1v) is 7.28. The summed E-state index contributed by atoms with van der Waals surface area (Å²) in [6.45, 7) is 1.98. The maximum Gasteiger partial charge on any atom is 0.280 e. The van der Waals surface area contributed by atoms with Gasteiger partial charge < -0.3 is 0 Å². The van der Waals surface area contributed by atoms with Gasteiger partial charge in [-0.15, -0.1) is 0 Å². The molecule has 0 saturated carbocycles. The van der Waals surface area contributed by atoms with Gasteiger partial charge in [0.25, 0.3) is 11.1 Å². The Hall–Kier alpha value is -3.14. The summed E-state index contributed by atoms with van der Waals surface area (Å²) in [4.78, 5) is 32.9. The van der Waals surface area contributed by atoms with Crippen LogP contribution in [0.5, 0.6) is 0 Å². The fraction of sp³-hybridized carbons (Fsp3) is 0.0526. The Morgan fingerprint density at radius 1 is 0.652 bits per heavy atom. The quantitative estimate of drug-likeness (QED) is 0.570. The summed E-state index contributed by atoms with van der Waals surface area (Å²) >= 11 is 0. The zero-order valence-corrected chi connectivity index (χ0v) is 12.4. The molecule has 110 valence electrons. The van der Waals surface area contributed by atoms with Gasteiger partial charge >= 0.3 is 0 Å². The van der Waals surface area contributed by atoms with Gasteiger partial charge in [0.1, 0.15) is 0 Å². The first-order valence-electron chi connectivity index (χ1n) is 7.28. The lowest BCUT2D eigenvalue weighted by atomic mass is 10.1. The van der Waals surface area contributed by atoms with E-state index in [0.29, 0.717) is 21.8 Å². The van der Waals surface area contributed by atoms with E-state index in [0.717, 1.165) is 16.7 Å². The molecule has 4 heteroatoms. The maximum atomic E-state index is 12.4. The highest BCUT2D eigenvalue weighted by atomic mass is 16.1. The highest BCUT2D eigenvalue weighted by Crippen LogP contribution is 2.22. The molecule has 2 aromatic carbocycles. The zero-order chi connectivity index (χ0) is 16.0. The maximum absolute atomic E-state index is 12.4. The van der Waals surface area contributed by atoms with E-state index in [1.807, 2.05) is 61.5 Å². The third-order valence-corrected chi connectivity index (χ3v) is 3.95. The SMILES string of the molecule is Cc1ccc(-c2nc(=O)c3c(-c4ccccc4)nc(=O)c2=3)cc1. The number of rotatable bonds is 2. The highest BCUT2D eigenvalue weighted by molar-refractivity contribution is 5.66. The third-order valence-electron chi connectivity index (χ3n) is 3.95. The first-order chi connectivity index (χ1) is 11.1. The Morgan fingerprint density at radius 3 is 1.65 bits per heavy atom.